The van der Waals surface area contributed by atoms with E-state index in [4.69, 9.17) is 5.73 Å². The molecular weight excluding hydrogens is 387 g/mol. The van der Waals surface area contributed by atoms with Crippen LogP contribution >= 0.6 is 15.9 Å². The van der Waals surface area contributed by atoms with Crippen molar-refractivity contribution in [2.45, 2.75) is 12.6 Å². The molecule has 0 aliphatic heterocycles. The molecule has 3 aromatic rings. The van der Waals surface area contributed by atoms with Crippen LogP contribution in [0, 0.1) is 0 Å². The second kappa shape index (κ2) is 5.94. The number of pyridine rings is 1. The molecule has 0 unspecified atom stereocenters. The van der Waals surface area contributed by atoms with Crippen LogP contribution < -0.4 is 5.73 Å². The quantitative estimate of drug-likeness (QED) is 0.730. The minimum atomic E-state index is -4.49. The summed E-state index contributed by atoms with van der Waals surface area (Å²) in [6.07, 6.45) is -3.78. The van der Waals surface area contributed by atoms with Crippen LogP contribution in [0.15, 0.2) is 47.1 Å². The maximum absolute atomic E-state index is 13.0. The normalized spacial score (nSPS) is 11.8. The molecule has 4 nitrogen and oxygen atoms in total. The third-order valence-electron chi connectivity index (χ3n) is 3.52. The minimum absolute atomic E-state index is 0.223. The van der Waals surface area contributed by atoms with Gasteiger partial charge in [-0.3, -0.25) is 4.79 Å². The predicted octanol–water partition coefficient (Wildman–Crippen LogP) is 3.81. The van der Waals surface area contributed by atoms with Gasteiger partial charge in [-0.25, -0.2) is 4.98 Å². The number of hydrogen-bond acceptors (Lipinski definition) is 2. The number of benzene rings is 1. The first-order valence-electron chi connectivity index (χ1n) is 6.89. The number of carbonyl (C=O) groups excluding carboxylic acids is 1. The van der Waals surface area contributed by atoms with E-state index in [2.05, 4.69) is 20.9 Å². The van der Waals surface area contributed by atoms with E-state index in [1.165, 1.54) is 10.5 Å². The average Bonchev–Trinajstić information content (AvgIpc) is 2.84. The van der Waals surface area contributed by atoms with Gasteiger partial charge in [0.2, 0.25) is 5.91 Å². The highest BCUT2D eigenvalue weighted by molar-refractivity contribution is 9.10. The van der Waals surface area contributed by atoms with Gasteiger partial charge in [-0.05, 0) is 18.2 Å². The highest BCUT2D eigenvalue weighted by Gasteiger charge is 2.31. The van der Waals surface area contributed by atoms with Crippen LogP contribution in [0.2, 0.25) is 0 Å². The smallest absolute Gasteiger partial charge is 0.369 e. The molecule has 0 aliphatic rings. The molecule has 124 valence electrons. The van der Waals surface area contributed by atoms with Gasteiger partial charge >= 0.3 is 6.18 Å². The van der Waals surface area contributed by atoms with Gasteiger partial charge in [-0.1, -0.05) is 34.1 Å². The molecular formula is C16H11BrF3N3O. The molecule has 0 spiro atoms. The van der Waals surface area contributed by atoms with Crippen LogP contribution in [-0.4, -0.2) is 15.3 Å². The Kier molecular flexibility index (Phi) is 4.08. The molecule has 0 aliphatic carbocycles. The van der Waals surface area contributed by atoms with Crippen molar-refractivity contribution in [3.8, 4) is 11.3 Å². The zero-order chi connectivity index (χ0) is 17.5. The maximum Gasteiger partial charge on any atom is 0.417 e. The number of hydrogen-bond donors (Lipinski definition) is 1. The largest absolute Gasteiger partial charge is 0.417 e. The van der Waals surface area contributed by atoms with Crippen molar-refractivity contribution in [3.05, 3.63) is 58.3 Å². The van der Waals surface area contributed by atoms with E-state index < -0.39 is 17.6 Å². The molecule has 0 bridgehead atoms. The van der Waals surface area contributed by atoms with Crippen molar-refractivity contribution < 1.29 is 18.0 Å². The number of alkyl halides is 3. The number of amides is 1. The van der Waals surface area contributed by atoms with Gasteiger partial charge in [0.15, 0.2) is 0 Å². The molecule has 0 fully saturated rings. The lowest BCUT2D eigenvalue weighted by atomic mass is 10.1. The molecule has 0 saturated carbocycles. The lowest BCUT2D eigenvalue weighted by Gasteiger charge is -2.08. The summed E-state index contributed by atoms with van der Waals surface area (Å²) in [6.45, 7) is 0. The van der Waals surface area contributed by atoms with E-state index in [1.54, 1.807) is 24.3 Å². The lowest BCUT2D eigenvalue weighted by Crippen LogP contribution is -2.16. The average molecular weight is 398 g/mol. The number of nitrogens with zero attached hydrogens (tertiary/aromatic N) is 2. The Balaban J connectivity index is 2.30. The molecule has 1 amide bonds. The molecule has 24 heavy (non-hydrogen) atoms. The van der Waals surface area contributed by atoms with Crippen molar-refractivity contribution in [2.75, 3.05) is 0 Å². The second-order valence-electron chi connectivity index (χ2n) is 5.17. The Morgan fingerprint density at radius 3 is 2.54 bits per heavy atom. The molecule has 2 N–H and O–H groups in total. The number of aromatic nitrogens is 2. The number of primary amides is 1. The summed E-state index contributed by atoms with van der Waals surface area (Å²) in [5, 5.41) is 0. The number of rotatable bonds is 3. The molecule has 2 aromatic heterocycles. The Labute approximate surface area is 143 Å². The highest BCUT2D eigenvalue weighted by atomic mass is 79.9. The summed E-state index contributed by atoms with van der Waals surface area (Å²) in [7, 11) is 0. The molecule has 1 aromatic carbocycles. The summed E-state index contributed by atoms with van der Waals surface area (Å²) in [5.74, 6) is -0.650. The summed E-state index contributed by atoms with van der Waals surface area (Å²) < 4.78 is 40.9. The zero-order valence-corrected chi connectivity index (χ0v) is 13.7. The van der Waals surface area contributed by atoms with E-state index in [9.17, 15) is 18.0 Å². The summed E-state index contributed by atoms with van der Waals surface area (Å²) >= 11 is 3.39. The van der Waals surface area contributed by atoms with Crippen LogP contribution in [0.1, 0.15) is 11.3 Å². The first kappa shape index (κ1) is 16.5. The van der Waals surface area contributed by atoms with Crippen molar-refractivity contribution in [1.29, 1.82) is 0 Å². The molecule has 0 atom stereocenters. The van der Waals surface area contributed by atoms with Crippen LogP contribution in [0.4, 0.5) is 13.2 Å². The van der Waals surface area contributed by atoms with E-state index in [0.29, 0.717) is 22.6 Å². The van der Waals surface area contributed by atoms with Crippen LogP contribution in [0.3, 0.4) is 0 Å². The number of carbonyl (C=O) groups is 1. The van der Waals surface area contributed by atoms with Gasteiger partial charge in [0, 0.05) is 16.2 Å². The Bertz CT molecular complexity index is 934. The summed E-state index contributed by atoms with van der Waals surface area (Å²) in [5.41, 5.74) is 6.16. The fourth-order valence-corrected chi connectivity index (χ4v) is 2.94. The van der Waals surface area contributed by atoms with Crippen molar-refractivity contribution >= 4 is 27.5 Å². The van der Waals surface area contributed by atoms with E-state index >= 15 is 0 Å². The van der Waals surface area contributed by atoms with Crippen molar-refractivity contribution in [1.82, 2.24) is 9.38 Å². The predicted molar refractivity (Wildman–Crippen MR) is 86.2 cm³/mol. The fourth-order valence-electron chi connectivity index (χ4n) is 2.46. The standard InChI is InChI=1S/C16H11BrF3N3O/c17-11-4-2-1-3-10(11)15-12(7-13(21)24)23-8-9(16(18,19)20)5-6-14(23)22-15/h1-6,8H,7H2,(H2,21,24). The van der Waals surface area contributed by atoms with Gasteiger partial charge in [0.05, 0.1) is 23.4 Å². The molecule has 3 rings (SSSR count). The van der Waals surface area contributed by atoms with E-state index in [0.717, 1.165) is 16.7 Å². The fraction of sp³-hybridized carbons (Fsp3) is 0.125. The van der Waals surface area contributed by atoms with Crippen molar-refractivity contribution in [2.24, 2.45) is 5.73 Å². The van der Waals surface area contributed by atoms with Crippen molar-refractivity contribution in [3.63, 3.8) is 0 Å². The Hall–Kier alpha value is -2.35. The first-order valence-corrected chi connectivity index (χ1v) is 7.68. The maximum atomic E-state index is 13.0. The van der Waals surface area contributed by atoms with Crippen LogP contribution in [-0.2, 0) is 17.4 Å². The minimum Gasteiger partial charge on any atom is -0.369 e. The third kappa shape index (κ3) is 3.01. The molecule has 2 heterocycles. The lowest BCUT2D eigenvalue weighted by molar-refractivity contribution is -0.137. The van der Waals surface area contributed by atoms with Gasteiger partial charge in [0.25, 0.3) is 0 Å². The van der Waals surface area contributed by atoms with Crippen LogP contribution in [0.5, 0.6) is 0 Å². The number of fused-ring (bicyclic) bond motifs is 1. The SMILES string of the molecule is NC(=O)Cc1c(-c2ccccc2Br)nc2ccc(C(F)(F)F)cn12. The second-order valence-corrected chi connectivity index (χ2v) is 6.03. The number of imidazole rings is 1. The van der Waals surface area contributed by atoms with Gasteiger partial charge in [-0.15, -0.1) is 0 Å². The van der Waals surface area contributed by atoms with Crippen LogP contribution in [0.25, 0.3) is 16.9 Å². The van der Waals surface area contributed by atoms with Gasteiger partial charge in [-0.2, -0.15) is 13.2 Å². The van der Waals surface area contributed by atoms with E-state index in [-0.39, 0.29) is 6.42 Å². The zero-order valence-electron chi connectivity index (χ0n) is 12.1. The van der Waals surface area contributed by atoms with E-state index in [1.807, 2.05) is 0 Å². The Morgan fingerprint density at radius 2 is 1.92 bits per heavy atom. The summed E-state index contributed by atoms with van der Waals surface area (Å²) in [4.78, 5) is 15.8. The Morgan fingerprint density at radius 1 is 1.21 bits per heavy atom. The number of halogens is 4. The third-order valence-corrected chi connectivity index (χ3v) is 4.21. The number of nitrogens with two attached hydrogens (primary N) is 1. The highest BCUT2D eigenvalue weighted by Crippen LogP contribution is 2.33. The first-order chi connectivity index (χ1) is 11.3. The van der Waals surface area contributed by atoms with Gasteiger partial charge < -0.3 is 10.1 Å². The summed E-state index contributed by atoms with van der Waals surface area (Å²) in [6, 6.07) is 9.36. The monoisotopic (exact) mass is 397 g/mol. The molecule has 0 radical (unpaired) electrons. The van der Waals surface area contributed by atoms with Gasteiger partial charge in [0.1, 0.15) is 5.65 Å². The topological polar surface area (TPSA) is 60.4 Å². The molecule has 8 heteroatoms. The molecule has 0 saturated heterocycles.